The van der Waals surface area contributed by atoms with Gasteiger partial charge < -0.3 is 19.4 Å². The Balaban J connectivity index is 5.28. The van der Waals surface area contributed by atoms with Gasteiger partial charge in [0, 0.05) is 12.8 Å². The average Bonchev–Trinajstić information content (AvgIpc) is 3.37. The third-order valence-corrected chi connectivity index (χ3v) is 14.6. The van der Waals surface area contributed by atoms with E-state index < -0.39 is 20.0 Å². The van der Waals surface area contributed by atoms with Gasteiger partial charge in [0.1, 0.15) is 19.3 Å². The fourth-order valence-corrected chi connectivity index (χ4v) is 9.59. The lowest BCUT2D eigenvalue weighted by atomic mass is 10.0. The van der Waals surface area contributed by atoms with Crippen LogP contribution in [0.2, 0.25) is 0 Å². The second-order valence-corrected chi connectivity index (χ2v) is 23.7. The van der Waals surface area contributed by atoms with Gasteiger partial charge in [-0.25, -0.2) is 4.57 Å². The first-order valence-electron chi connectivity index (χ1n) is 31.3. The highest BCUT2D eigenvalue weighted by molar-refractivity contribution is 7.47. The number of quaternary nitrogens is 1. The van der Waals surface area contributed by atoms with E-state index in [9.17, 15) is 19.0 Å². The number of unbranched alkanes of at least 4 members (excludes halogenated alkanes) is 30. The summed E-state index contributed by atoms with van der Waals surface area (Å²) in [7, 11) is 1.48. The van der Waals surface area contributed by atoms with Gasteiger partial charge in [0.25, 0.3) is 0 Å². The van der Waals surface area contributed by atoms with Gasteiger partial charge in [0.2, 0.25) is 5.91 Å². The van der Waals surface area contributed by atoms with E-state index in [0.29, 0.717) is 23.9 Å². The van der Waals surface area contributed by atoms with Crippen LogP contribution in [0.4, 0.5) is 0 Å². The maximum atomic E-state index is 13.5. The molecule has 0 radical (unpaired) electrons. The van der Waals surface area contributed by atoms with E-state index in [1.54, 1.807) is 0 Å². The fourth-order valence-electron chi connectivity index (χ4n) is 8.85. The number of amides is 1. The van der Waals surface area contributed by atoms with Crippen LogP contribution in [-0.4, -0.2) is 74.3 Å². The quantitative estimate of drug-likeness (QED) is 0.0205. The van der Waals surface area contributed by atoms with Crippen molar-refractivity contribution in [2.24, 2.45) is 0 Å². The number of nitrogens with zero attached hydrogens (tertiary/aromatic N) is 1. The third-order valence-electron chi connectivity index (χ3n) is 13.7. The number of likely N-dealkylation sites (N-methyl/N-ethyl adjacent to an activating group) is 1. The van der Waals surface area contributed by atoms with Crippen LogP contribution >= 0.6 is 7.82 Å². The Morgan fingerprint density at radius 2 is 0.853 bits per heavy atom. The number of ether oxygens (including phenoxy) is 1. The first-order chi connectivity index (χ1) is 36.4. The van der Waals surface area contributed by atoms with Gasteiger partial charge in [-0.2, -0.15) is 0 Å². The summed E-state index contributed by atoms with van der Waals surface area (Å²) in [6.07, 6.45) is 70.3. The zero-order valence-corrected chi connectivity index (χ0v) is 50.7. The lowest BCUT2D eigenvalue weighted by Gasteiger charge is -2.27. The molecule has 75 heavy (non-hydrogen) atoms. The van der Waals surface area contributed by atoms with Crippen LogP contribution in [-0.2, 0) is 27.9 Å². The molecule has 0 spiro atoms. The van der Waals surface area contributed by atoms with E-state index in [2.05, 4.69) is 86.8 Å². The van der Waals surface area contributed by atoms with Crippen molar-refractivity contribution in [3.05, 3.63) is 72.9 Å². The molecule has 0 aliphatic heterocycles. The van der Waals surface area contributed by atoms with Crippen LogP contribution in [0.3, 0.4) is 0 Å². The zero-order chi connectivity index (χ0) is 55.0. The molecule has 9 nitrogen and oxygen atoms in total. The van der Waals surface area contributed by atoms with E-state index in [4.69, 9.17) is 13.8 Å². The van der Waals surface area contributed by atoms with Crippen LogP contribution in [0, 0.1) is 0 Å². The number of phosphoric acid groups is 1. The first-order valence-corrected chi connectivity index (χ1v) is 32.8. The van der Waals surface area contributed by atoms with Crippen molar-refractivity contribution in [1.29, 1.82) is 0 Å². The molecule has 0 aromatic rings. The molecule has 0 rings (SSSR count). The molecular formula is C65H120N2O7P+. The van der Waals surface area contributed by atoms with Crippen molar-refractivity contribution in [3.8, 4) is 0 Å². The minimum Gasteiger partial charge on any atom is -0.456 e. The van der Waals surface area contributed by atoms with E-state index in [-0.39, 0.29) is 31.5 Å². The predicted octanol–water partition coefficient (Wildman–Crippen LogP) is 19.2. The first kappa shape index (κ1) is 72.5. The van der Waals surface area contributed by atoms with Crippen LogP contribution in [0.25, 0.3) is 0 Å². The van der Waals surface area contributed by atoms with Crippen molar-refractivity contribution in [2.45, 2.75) is 290 Å². The van der Waals surface area contributed by atoms with Crippen molar-refractivity contribution < 1.29 is 37.3 Å². The zero-order valence-electron chi connectivity index (χ0n) is 49.8. The maximum Gasteiger partial charge on any atom is 0.472 e. The normalized spacial score (nSPS) is 14.2. The molecule has 2 N–H and O–H groups in total. The number of rotatable bonds is 56. The summed E-state index contributed by atoms with van der Waals surface area (Å²) in [5, 5.41) is 3.05. The minimum atomic E-state index is -4.45. The van der Waals surface area contributed by atoms with Crippen molar-refractivity contribution in [2.75, 3.05) is 40.9 Å². The summed E-state index contributed by atoms with van der Waals surface area (Å²) in [6.45, 7) is 6.90. The standard InChI is InChI=1S/C65H119N2O7P/c1-7-10-13-16-19-22-25-28-30-32-33-34-35-36-38-40-43-46-49-52-55-58-65(69)74-63(56-53-50-47-44-41-27-24-21-18-15-12-9-3)62(61-73-75(70,71)72-60-59-67(4,5)6)66-64(68)57-54-51-48-45-42-39-37-31-29-26-23-20-17-14-11-8-2/h10,13,19,22,28,30,33-34,36,38,53,56,62-63H,7-9,11-12,14-18,20-21,23-27,29,31-32,35,37,39-52,54-55,57-61H2,1-6H3,(H-,66,68,70,71)/p+1/b13-10-,22-19-,30-28-,34-33-,38-36-,56-53+. The monoisotopic (exact) mass is 1070 g/mol. The summed E-state index contributed by atoms with van der Waals surface area (Å²) in [5.74, 6) is -0.521. The summed E-state index contributed by atoms with van der Waals surface area (Å²) in [4.78, 5) is 37.7. The van der Waals surface area contributed by atoms with Gasteiger partial charge in [-0.3, -0.25) is 18.6 Å². The Kier molecular flexibility index (Phi) is 52.9. The summed E-state index contributed by atoms with van der Waals surface area (Å²) in [6, 6.07) is -0.857. The molecule has 0 aromatic carbocycles. The summed E-state index contributed by atoms with van der Waals surface area (Å²) in [5.41, 5.74) is 0. The number of allylic oxidation sites excluding steroid dienone is 11. The Morgan fingerprint density at radius 1 is 0.480 bits per heavy atom. The lowest BCUT2D eigenvalue weighted by molar-refractivity contribution is -0.870. The Morgan fingerprint density at radius 3 is 1.28 bits per heavy atom. The molecule has 0 bridgehead atoms. The fraction of sp³-hybridized carbons (Fsp3) is 0.785. The van der Waals surface area contributed by atoms with E-state index in [0.717, 1.165) is 103 Å². The smallest absolute Gasteiger partial charge is 0.456 e. The van der Waals surface area contributed by atoms with Crippen molar-refractivity contribution in [1.82, 2.24) is 5.32 Å². The number of hydrogen-bond donors (Lipinski definition) is 2. The van der Waals surface area contributed by atoms with Crippen LogP contribution in [0.1, 0.15) is 278 Å². The second-order valence-electron chi connectivity index (χ2n) is 22.2. The third kappa shape index (κ3) is 56.0. The molecule has 0 saturated carbocycles. The van der Waals surface area contributed by atoms with E-state index in [1.165, 1.54) is 135 Å². The summed E-state index contributed by atoms with van der Waals surface area (Å²) < 4.78 is 30.7. The molecule has 436 valence electrons. The highest BCUT2D eigenvalue weighted by Crippen LogP contribution is 2.43. The highest BCUT2D eigenvalue weighted by atomic mass is 31.2. The minimum absolute atomic E-state index is 0.0358. The molecule has 0 aromatic heterocycles. The molecule has 1 amide bonds. The molecule has 0 fully saturated rings. The molecule has 3 atom stereocenters. The van der Waals surface area contributed by atoms with E-state index >= 15 is 0 Å². The molecular weight excluding hydrogens is 952 g/mol. The molecule has 0 aliphatic rings. The van der Waals surface area contributed by atoms with Gasteiger partial charge in [0.05, 0.1) is 33.8 Å². The number of hydrogen-bond acceptors (Lipinski definition) is 6. The van der Waals surface area contributed by atoms with Gasteiger partial charge >= 0.3 is 13.8 Å². The molecule has 0 saturated heterocycles. The Bertz CT molecular complexity index is 1510. The topological polar surface area (TPSA) is 111 Å². The molecule has 0 aliphatic carbocycles. The summed E-state index contributed by atoms with van der Waals surface area (Å²) >= 11 is 0. The van der Waals surface area contributed by atoms with Gasteiger partial charge in [0.15, 0.2) is 0 Å². The van der Waals surface area contributed by atoms with Gasteiger partial charge in [-0.1, -0.05) is 261 Å². The number of carbonyl (C=O) groups excluding carboxylic acids is 2. The van der Waals surface area contributed by atoms with Crippen LogP contribution in [0.5, 0.6) is 0 Å². The number of esters is 1. The second kappa shape index (κ2) is 54.8. The van der Waals surface area contributed by atoms with Gasteiger partial charge in [-0.05, 0) is 76.7 Å². The van der Waals surface area contributed by atoms with Crippen LogP contribution < -0.4 is 5.32 Å². The SMILES string of the molecule is CC/C=C\C/C=C\C/C=C\C/C=C\C/C=C\CCCCCCCC(=O)OC(/C=C/CCCCCCCCCCCC)C(COP(=O)(O)OCC[N+](C)(C)C)NC(=O)CCCCCCCCCCCCCCCCCC. The highest BCUT2D eigenvalue weighted by Gasteiger charge is 2.30. The van der Waals surface area contributed by atoms with Crippen molar-refractivity contribution in [3.63, 3.8) is 0 Å². The molecule has 3 unspecified atom stereocenters. The largest absolute Gasteiger partial charge is 0.472 e. The molecule has 0 heterocycles. The number of nitrogens with one attached hydrogen (secondary N) is 1. The number of carbonyl (C=O) groups is 2. The molecule has 10 heteroatoms. The van der Waals surface area contributed by atoms with E-state index in [1.807, 2.05) is 33.3 Å². The van der Waals surface area contributed by atoms with Crippen LogP contribution in [0.15, 0.2) is 72.9 Å². The predicted molar refractivity (Wildman–Crippen MR) is 323 cm³/mol. The van der Waals surface area contributed by atoms with Crippen molar-refractivity contribution >= 4 is 19.7 Å². The van der Waals surface area contributed by atoms with Gasteiger partial charge in [-0.15, -0.1) is 0 Å². The maximum absolute atomic E-state index is 13.5. The number of phosphoric ester groups is 1. The average molecular weight is 1070 g/mol. The Hall–Kier alpha value is -2.55. The lowest BCUT2D eigenvalue weighted by Crippen LogP contribution is -2.47. The Labute approximate surface area is 463 Å².